The zero-order valence-electron chi connectivity index (χ0n) is 26.1. The molecule has 2 unspecified atom stereocenters. The van der Waals surface area contributed by atoms with Gasteiger partial charge in [-0.15, -0.1) is 0 Å². The van der Waals surface area contributed by atoms with E-state index < -0.39 is 41.6 Å². The van der Waals surface area contributed by atoms with E-state index in [0.29, 0.717) is 6.42 Å². The highest BCUT2D eigenvalue weighted by Gasteiger charge is 2.37. The fraction of sp³-hybridized carbons (Fsp3) is 0.515. The van der Waals surface area contributed by atoms with Crippen LogP contribution in [0.25, 0.3) is 0 Å². The molecule has 2 atom stereocenters. The first-order valence-electron chi connectivity index (χ1n) is 15.0. The molecule has 0 radical (unpaired) electrons. The number of amides is 3. The van der Waals surface area contributed by atoms with Gasteiger partial charge in [-0.25, -0.2) is 4.79 Å². The molecule has 0 aliphatic rings. The van der Waals surface area contributed by atoms with E-state index in [9.17, 15) is 24.3 Å². The molecule has 0 bridgehead atoms. The SMILES string of the molecule is CCCCCCN(C(=O)C(Cc1ccccc1)NC(=O)OC(C)(C)C)C(C(=O)NCCC(=O)OCC)c1ccccc1O. The van der Waals surface area contributed by atoms with Crippen molar-refractivity contribution in [2.24, 2.45) is 0 Å². The largest absolute Gasteiger partial charge is 0.508 e. The van der Waals surface area contributed by atoms with E-state index in [1.54, 1.807) is 45.9 Å². The fourth-order valence-electron chi connectivity index (χ4n) is 4.56. The number of alkyl carbamates (subject to hydrolysis) is 1. The van der Waals surface area contributed by atoms with Crippen molar-refractivity contribution in [2.45, 2.75) is 90.8 Å². The number of carbonyl (C=O) groups excluding carboxylic acids is 4. The third-order valence-corrected chi connectivity index (χ3v) is 6.53. The van der Waals surface area contributed by atoms with Crippen molar-refractivity contribution in [1.82, 2.24) is 15.5 Å². The maximum Gasteiger partial charge on any atom is 0.408 e. The molecule has 2 aromatic carbocycles. The highest BCUT2D eigenvalue weighted by molar-refractivity contribution is 5.92. The van der Waals surface area contributed by atoms with E-state index in [1.807, 2.05) is 30.3 Å². The Morgan fingerprint density at radius 2 is 1.60 bits per heavy atom. The lowest BCUT2D eigenvalue weighted by Gasteiger charge is -2.35. The molecule has 0 aromatic heterocycles. The predicted octanol–water partition coefficient (Wildman–Crippen LogP) is 5.05. The Labute approximate surface area is 255 Å². The van der Waals surface area contributed by atoms with Crippen molar-refractivity contribution >= 4 is 23.9 Å². The van der Waals surface area contributed by atoms with Crippen LogP contribution in [-0.2, 0) is 30.3 Å². The van der Waals surface area contributed by atoms with Crippen molar-refractivity contribution in [2.75, 3.05) is 19.7 Å². The third-order valence-electron chi connectivity index (χ3n) is 6.53. The summed E-state index contributed by atoms with van der Waals surface area (Å²) >= 11 is 0. The monoisotopic (exact) mass is 597 g/mol. The Hall–Kier alpha value is -4.08. The minimum Gasteiger partial charge on any atom is -0.508 e. The highest BCUT2D eigenvalue weighted by Crippen LogP contribution is 2.30. The van der Waals surface area contributed by atoms with Crippen LogP contribution >= 0.6 is 0 Å². The molecule has 10 nitrogen and oxygen atoms in total. The average molecular weight is 598 g/mol. The Kier molecular flexibility index (Phi) is 14.5. The van der Waals surface area contributed by atoms with Crippen LogP contribution in [0.15, 0.2) is 54.6 Å². The van der Waals surface area contributed by atoms with Gasteiger partial charge in [0.15, 0.2) is 0 Å². The summed E-state index contributed by atoms with van der Waals surface area (Å²) in [5.41, 5.74) is 0.248. The van der Waals surface area contributed by atoms with Crippen LogP contribution in [0.4, 0.5) is 4.79 Å². The number of rotatable bonds is 16. The molecule has 0 saturated carbocycles. The van der Waals surface area contributed by atoms with Crippen LogP contribution in [-0.4, -0.2) is 65.2 Å². The predicted molar refractivity (Wildman–Crippen MR) is 164 cm³/mol. The summed E-state index contributed by atoms with van der Waals surface area (Å²) in [6, 6.07) is 13.3. The molecule has 0 aliphatic heterocycles. The molecule has 0 aliphatic carbocycles. The molecule has 3 amide bonds. The molecular weight excluding hydrogens is 550 g/mol. The molecule has 10 heteroatoms. The molecule has 236 valence electrons. The summed E-state index contributed by atoms with van der Waals surface area (Å²) in [5.74, 6) is -1.68. The Bertz CT molecular complexity index is 1180. The summed E-state index contributed by atoms with van der Waals surface area (Å²) in [6.07, 6.45) is 2.69. The van der Waals surface area contributed by atoms with Crippen molar-refractivity contribution in [1.29, 1.82) is 0 Å². The lowest BCUT2D eigenvalue weighted by Crippen LogP contribution is -2.54. The third kappa shape index (κ3) is 12.4. The Balaban J connectivity index is 2.51. The van der Waals surface area contributed by atoms with Crippen LogP contribution in [0.1, 0.15) is 83.9 Å². The lowest BCUT2D eigenvalue weighted by atomic mass is 9.99. The molecule has 43 heavy (non-hydrogen) atoms. The second-order valence-electron chi connectivity index (χ2n) is 11.3. The molecule has 0 heterocycles. The molecule has 3 N–H and O–H groups in total. The van der Waals surface area contributed by atoms with E-state index in [1.165, 1.54) is 11.0 Å². The summed E-state index contributed by atoms with van der Waals surface area (Å²) in [4.78, 5) is 54.4. The Morgan fingerprint density at radius 1 is 0.930 bits per heavy atom. The van der Waals surface area contributed by atoms with Crippen LogP contribution in [0.2, 0.25) is 0 Å². The lowest BCUT2D eigenvalue weighted by molar-refractivity contribution is -0.144. The molecule has 2 rings (SSSR count). The number of ether oxygens (including phenoxy) is 2. The maximum atomic E-state index is 14.4. The molecule has 0 fully saturated rings. The molecule has 0 spiro atoms. The number of hydrogen-bond donors (Lipinski definition) is 3. The first kappa shape index (κ1) is 35.1. The van der Waals surface area contributed by atoms with Crippen LogP contribution < -0.4 is 10.6 Å². The number of para-hydroxylation sites is 1. The van der Waals surface area contributed by atoms with E-state index in [-0.39, 0.29) is 43.9 Å². The van der Waals surface area contributed by atoms with Crippen molar-refractivity contribution in [3.8, 4) is 5.75 Å². The van der Waals surface area contributed by atoms with Gasteiger partial charge in [0.25, 0.3) is 0 Å². The summed E-state index contributed by atoms with van der Waals surface area (Å²) in [7, 11) is 0. The number of unbranched alkanes of at least 4 members (excludes halogenated alkanes) is 3. The zero-order chi connectivity index (χ0) is 31.8. The quantitative estimate of drug-likeness (QED) is 0.182. The second kappa shape index (κ2) is 17.8. The smallest absolute Gasteiger partial charge is 0.408 e. The molecule has 0 saturated heterocycles. The normalized spacial score (nSPS) is 12.5. The van der Waals surface area contributed by atoms with Gasteiger partial charge in [0, 0.05) is 25.1 Å². The molecule has 2 aromatic rings. The van der Waals surface area contributed by atoms with Crippen molar-refractivity contribution in [3.05, 3.63) is 65.7 Å². The second-order valence-corrected chi connectivity index (χ2v) is 11.3. The van der Waals surface area contributed by atoms with Crippen LogP contribution in [0, 0.1) is 0 Å². The van der Waals surface area contributed by atoms with Gasteiger partial charge in [-0.2, -0.15) is 0 Å². The van der Waals surface area contributed by atoms with Gasteiger partial charge < -0.3 is 30.1 Å². The number of hydrogen-bond acceptors (Lipinski definition) is 7. The van der Waals surface area contributed by atoms with Gasteiger partial charge >= 0.3 is 12.1 Å². The first-order valence-corrected chi connectivity index (χ1v) is 15.0. The van der Waals surface area contributed by atoms with Gasteiger partial charge in [0.05, 0.1) is 13.0 Å². The van der Waals surface area contributed by atoms with Gasteiger partial charge in [-0.05, 0) is 45.7 Å². The number of phenolic OH excluding ortho intramolecular Hbond substituents is 1. The summed E-state index contributed by atoms with van der Waals surface area (Å²) in [6.45, 7) is 9.38. The number of nitrogens with one attached hydrogen (secondary N) is 2. The summed E-state index contributed by atoms with van der Waals surface area (Å²) in [5, 5.41) is 16.3. The van der Waals surface area contributed by atoms with Crippen molar-refractivity contribution in [3.63, 3.8) is 0 Å². The van der Waals surface area contributed by atoms with Crippen molar-refractivity contribution < 1.29 is 33.8 Å². The number of carbonyl (C=O) groups is 4. The topological polar surface area (TPSA) is 134 Å². The van der Waals surface area contributed by atoms with Crippen LogP contribution in [0.5, 0.6) is 5.75 Å². The minimum atomic E-state index is -1.23. The number of benzene rings is 2. The fourth-order valence-corrected chi connectivity index (χ4v) is 4.56. The van der Waals surface area contributed by atoms with E-state index >= 15 is 0 Å². The number of esters is 1. The number of aromatic hydroxyl groups is 1. The number of nitrogens with zero attached hydrogens (tertiary/aromatic N) is 1. The summed E-state index contributed by atoms with van der Waals surface area (Å²) < 4.78 is 10.4. The first-order chi connectivity index (χ1) is 20.5. The highest BCUT2D eigenvalue weighted by atomic mass is 16.6. The standard InChI is InChI=1S/C33H47N3O7/c1-6-8-9-15-22-36(29(25-18-13-14-19-27(25)37)30(39)34-21-20-28(38)42-7-2)31(40)26(23-24-16-11-10-12-17-24)35-32(41)43-33(3,4)5/h10-14,16-19,26,29,37H,6-9,15,20-23H2,1-5H3,(H,34,39)(H,35,41). The average Bonchev–Trinajstić information content (AvgIpc) is 2.94. The zero-order valence-corrected chi connectivity index (χ0v) is 26.1. The van der Waals surface area contributed by atoms with E-state index in [4.69, 9.17) is 9.47 Å². The van der Waals surface area contributed by atoms with E-state index in [2.05, 4.69) is 17.6 Å². The minimum absolute atomic E-state index is 0.0107. The van der Waals surface area contributed by atoms with Crippen LogP contribution in [0.3, 0.4) is 0 Å². The van der Waals surface area contributed by atoms with Gasteiger partial charge in [-0.1, -0.05) is 74.7 Å². The van der Waals surface area contributed by atoms with E-state index in [0.717, 1.165) is 24.8 Å². The van der Waals surface area contributed by atoms with Gasteiger partial charge in [-0.3, -0.25) is 14.4 Å². The van der Waals surface area contributed by atoms with Gasteiger partial charge in [0.1, 0.15) is 23.4 Å². The maximum absolute atomic E-state index is 14.4. The Morgan fingerprint density at radius 3 is 2.23 bits per heavy atom. The molecular formula is C33H47N3O7. The number of phenols is 1. The van der Waals surface area contributed by atoms with Gasteiger partial charge in [0.2, 0.25) is 11.8 Å².